The molecule has 15 heavy (non-hydrogen) atoms. The summed E-state index contributed by atoms with van der Waals surface area (Å²) in [6.45, 7) is 1.85. The highest BCUT2D eigenvalue weighted by Crippen LogP contribution is 2.07. The molecule has 0 radical (unpaired) electrons. The van der Waals surface area contributed by atoms with Gasteiger partial charge in [-0.15, -0.1) is 0 Å². The smallest absolute Gasteiger partial charge is 0.253 e. The summed E-state index contributed by atoms with van der Waals surface area (Å²) >= 11 is 0. The molecule has 0 fully saturated rings. The Balaban J connectivity index is 2.74. The number of nitrogens with zero attached hydrogens (tertiary/aromatic N) is 3. The number of carbonyl (C=O) groups is 1. The van der Waals surface area contributed by atoms with Crippen molar-refractivity contribution in [2.45, 2.75) is 19.4 Å². The van der Waals surface area contributed by atoms with Gasteiger partial charge in [-0.05, 0) is 19.1 Å². The Morgan fingerprint density at radius 2 is 2.20 bits per heavy atom. The SMILES string of the molecule is CC(CC#N)N(C)C(=O)c1ccncc1. The van der Waals surface area contributed by atoms with Crippen LogP contribution >= 0.6 is 0 Å². The summed E-state index contributed by atoms with van der Waals surface area (Å²) in [7, 11) is 1.70. The average molecular weight is 203 g/mol. The van der Waals surface area contributed by atoms with E-state index in [1.807, 2.05) is 13.0 Å². The standard InChI is InChI=1S/C11H13N3O/c1-9(3-6-12)14(2)11(15)10-4-7-13-8-5-10/h4-5,7-9H,3H2,1-2H3. The molecule has 0 N–H and O–H groups in total. The summed E-state index contributed by atoms with van der Waals surface area (Å²) in [6.07, 6.45) is 3.50. The Bertz CT molecular complexity index is 369. The fourth-order valence-corrected chi connectivity index (χ4v) is 1.17. The van der Waals surface area contributed by atoms with Crippen molar-refractivity contribution in [3.63, 3.8) is 0 Å². The first-order valence-electron chi connectivity index (χ1n) is 4.71. The van der Waals surface area contributed by atoms with Crippen LogP contribution in [0.15, 0.2) is 24.5 Å². The van der Waals surface area contributed by atoms with E-state index in [-0.39, 0.29) is 11.9 Å². The van der Waals surface area contributed by atoms with Gasteiger partial charge in [-0.2, -0.15) is 5.26 Å². The quantitative estimate of drug-likeness (QED) is 0.747. The number of rotatable bonds is 3. The normalized spacial score (nSPS) is 11.5. The number of pyridine rings is 1. The number of hydrogen-bond acceptors (Lipinski definition) is 3. The van der Waals surface area contributed by atoms with E-state index in [2.05, 4.69) is 4.98 Å². The van der Waals surface area contributed by atoms with Crippen molar-refractivity contribution >= 4 is 5.91 Å². The molecule has 78 valence electrons. The van der Waals surface area contributed by atoms with Gasteiger partial charge in [0.2, 0.25) is 0 Å². The zero-order valence-corrected chi connectivity index (χ0v) is 8.84. The molecule has 0 aromatic carbocycles. The van der Waals surface area contributed by atoms with Crippen LogP contribution in [0.3, 0.4) is 0 Å². The first-order valence-corrected chi connectivity index (χ1v) is 4.71. The lowest BCUT2D eigenvalue weighted by Crippen LogP contribution is -2.34. The van der Waals surface area contributed by atoms with Crippen LogP contribution in [0.1, 0.15) is 23.7 Å². The van der Waals surface area contributed by atoms with E-state index in [4.69, 9.17) is 5.26 Å². The maximum Gasteiger partial charge on any atom is 0.253 e. The Labute approximate surface area is 89.2 Å². The van der Waals surface area contributed by atoms with Crippen LogP contribution < -0.4 is 0 Å². The maximum absolute atomic E-state index is 11.8. The van der Waals surface area contributed by atoms with E-state index in [0.717, 1.165) is 0 Å². The molecule has 4 nitrogen and oxygen atoms in total. The zero-order chi connectivity index (χ0) is 11.3. The average Bonchev–Trinajstić information content (AvgIpc) is 2.28. The van der Waals surface area contributed by atoms with Crippen LogP contribution in [0.4, 0.5) is 0 Å². The van der Waals surface area contributed by atoms with Crippen molar-refractivity contribution in [3.8, 4) is 6.07 Å². The maximum atomic E-state index is 11.8. The van der Waals surface area contributed by atoms with Gasteiger partial charge >= 0.3 is 0 Å². The van der Waals surface area contributed by atoms with Crippen molar-refractivity contribution in [2.24, 2.45) is 0 Å². The van der Waals surface area contributed by atoms with Crippen molar-refractivity contribution in [1.29, 1.82) is 5.26 Å². The first kappa shape index (κ1) is 11.2. The molecule has 0 aliphatic carbocycles. The summed E-state index contributed by atoms with van der Waals surface area (Å²) in [5, 5.41) is 8.54. The van der Waals surface area contributed by atoms with Gasteiger partial charge in [-0.3, -0.25) is 9.78 Å². The molecule has 0 aliphatic rings. The summed E-state index contributed by atoms with van der Waals surface area (Å²) in [4.78, 5) is 17.3. The molecule has 1 atom stereocenters. The largest absolute Gasteiger partial charge is 0.338 e. The molecule has 1 unspecified atom stereocenters. The van der Waals surface area contributed by atoms with Gasteiger partial charge in [0.25, 0.3) is 5.91 Å². The minimum absolute atomic E-state index is 0.0735. The van der Waals surface area contributed by atoms with Crippen molar-refractivity contribution in [3.05, 3.63) is 30.1 Å². The van der Waals surface area contributed by atoms with Crippen molar-refractivity contribution in [2.75, 3.05) is 7.05 Å². The molecule has 4 heteroatoms. The Morgan fingerprint density at radius 1 is 1.60 bits per heavy atom. The fourth-order valence-electron chi connectivity index (χ4n) is 1.17. The van der Waals surface area contributed by atoms with Gasteiger partial charge in [0, 0.05) is 31.0 Å². The van der Waals surface area contributed by atoms with Gasteiger partial charge in [-0.1, -0.05) is 0 Å². The number of amides is 1. The van der Waals surface area contributed by atoms with E-state index in [1.54, 1.807) is 36.5 Å². The highest BCUT2D eigenvalue weighted by molar-refractivity contribution is 5.94. The summed E-state index contributed by atoms with van der Waals surface area (Å²) in [5.74, 6) is -0.0832. The van der Waals surface area contributed by atoms with Crippen LogP contribution in [0.2, 0.25) is 0 Å². The topological polar surface area (TPSA) is 57.0 Å². The molecule has 0 saturated heterocycles. The van der Waals surface area contributed by atoms with Crippen LogP contribution in [-0.2, 0) is 0 Å². The molecule has 1 heterocycles. The van der Waals surface area contributed by atoms with E-state index in [9.17, 15) is 4.79 Å². The third-order valence-electron chi connectivity index (χ3n) is 2.30. The second kappa shape index (κ2) is 5.11. The third-order valence-corrected chi connectivity index (χ3v) is 2.30. The predicted octanol–water partition coefficient (Wildman–Crippen LogP) is 1.46. The molecule has 0 bridgehead atoms. The summed E-state index contributed by atoms with van der Waals surface area (Å²) in [6, 6.07) is 5.30. The molecule has 1 rings (SSSR count). The zero-order valence-electron chi connectivity index (χ0n) is 8.84. The van der Waals surface area contributed by atoms with Gasteiger partial charge in [0.15, 0.2) is 0 Å². The molecule has 0 spiro atoms. The number of hydrogen-bond donors (Lipinski definition) is 0. The molecule has 0 saturated carbocycles. The summed E-state index contributed by atoms with van der Waals surface area (Å²) in [5.41, 5.74) is 0.595. The lowest BCUT2D eigenvalue weighted by atomic mass is 10.2. The van der Waals surface area contributed by atoms with Crippen LogP contribution in [-0.4, -0.2) is 28.9 Å². The van der Waals surface area contributed by atoms with Crippen molar-refractivity contribution < 1.29 is 4.79 Å². The molecule has 1 aromatic heterocycles. The van der Waals surface area contributed by atoms with Gasteiger partial charge in [0.1, 0.15) is 0 Å². The second-order valence-corrected chi connectivity index (χ2v) is 3.36. The van der Waals surface area contributed by atoms with Gasteiger partial charge in [0.05, 0.1) is 12.5 Å². The lowest BCUT2D eigenvalue weighted by molar-refractivity contribution is 0.0746. The lowest BCUT2D eigenvalue weighted by Gasteiger charge is -2.22. The van der Waals surface area contributed by atoms with Crippen molar-refractivity contribution in [1.82, 2.24) is 9.88 Å². The molecular formula is C11H13N3O. The van der Waals surface area contributed by atoms with E-state index in [1.165, 1.54) is 0 Å². The molecule has 0 aliphatic heterocycles. The minimum Gasteiger partial charge on any atom is -0.338 e. The highest BCUT2D eigenvalue weighted by atomic mass is 16.2. The van der Waals surface area contributed by atoms with E-state index >= 15 is 0 Å². The predicted molar refractivity (Wildman–Crippen MR) is 56.0 cm³/mol. The first-order chi connectivity index (χ1) is 7.16. The number of aromatic nitrogens is 1. The number of nitriles is 1. The Hall–Kier alpha value is -1.89. The van der Waals surface area contributed by atoms with Crippen LogP contribution in [0.25, 0.3) is 0 Å². The van der Waals surface area contributed by atoms with Crippen LogP contribution in [0, 0.1) is 11.3 Å². The van der Waals surface area contributed by atoms with Gasteiger partial charge < -0.3 is 4.90 Å². The molecule has 1 aromatic rings. The van der Waals surface area contributed by atoms with E-state index < -0.39 is 0 Å². The fraction of sp³-hybridized carbons (Fsp3) is 0.364. The monoisotopic (exact) mass is 203 g/mol. The summed E-state index contributed by atoms with van der Waals surface area (Å²) < 4.78 is 0. The Kier molecular flexibility index (Phi) is 3.81. The molecule has 1 amide bonds. The highest BCUT2D eigenvalue weighted by Gasteiger charge is 2.16. The number of carbonyl (C=O) groups excluding carboxylic acids is 1. The minimum atomic E-state index is -0.0832. The Morgan fingerprint density at radius 3 is 2.73 bits per heavy atom. The molecular weight excluding hydrogens is 190 g/mol. The van der Waals surface area contributed by atoms with Crippen LogP contribution in [0.5, 0.6) is 0 Å². The third kappa shape index (κ3) is 2.78. The van der Waals surface area contributed by atoms with Gasteiger partial charge in [-0.25, -0.2) is 0 Å². The second-order valence-electron chi connectivity index (χ2n) is 3.36. The van der Waals surface area contributed by atoms with E-state index in [0.29, 0.717) is 12.0 Å².